The zero-order chi connectivity index (χ0) is 23.1. The van der Waals surface area contributed by atoms with Gasteiger partial charge in [0, 0.05) is 24.0 Å². The number of rotatable bonds is 6. The second-order valence-electron chi connectivity index (χ2n) is 8.93. The fourth-order valence-electron chi connectivity index (χ4n) is 5.18. The maximum atomic E-state index is 5.85. The van der Waals surface area contributed by atoms with Crippen molar-refractivity contribution < 1.29 is 14.0 Å². The molecule has 3 aromatic heterocycles. The lowest BCUT2D eigenvalue weighted by atomic mass is 9.97. The molecule has 1 unspecified atom stereocenters. The predicted molar refractivity (Wildman–Crippen MR) is 128 cm³/mol. The molecule has 33 heavy (non-hydrogen) atoms. The first kappa shape index (κ1) is 21.9. The number of imidazole rings is 1. The topological polar surface area (TPSA) is 87.2 Å². The molecule has 1 aromatic carbocycles. The number of fused-ring (bicyclic) bond motifs is 3. The maximum absolute atomic E-state index is 5.85. The lowest BCUT2D eigenvalue weighted by Crippen LogP contribution is -2.29. The molecule has 0 amide bonds. The van der Waals surface area contributed by atoms with Crippen LogP contribution in [0.25, 0.3) is 33.1 Å². The molecule has 0 bridgehead atoms. The van der Waals surface area contributed by atoms with E-state index in [4.69, 9.17) is 24.0 Å². The minimum absolute atomic E-state index is 0.142. The van der Waals surface area contributed by atoms with Gasteiger partial charge in [0.05, 0.1) is 48.2 Å². The molecule has 0 spiro atoms. The van der Waals surface area contributed by atoms with Crippen molar-refractivity contribution in [2.75, 3.05) is 33.9 Å². The Balaban J connectivity index is 1.78. The van der Waals surface area contributed by atoms with Gasteiger partial charge in [-0.2, -0.15) is 0 Å². The molecule has 0 aliphatic carbocycles. The van der Waals surface area contributed by atoms with Gasteiger partial charge in [0.25, 0.3) is 0 Å². The molecule has 174 valence electrons. The molecular weight excluding hydrogens is 418 g/mol. The Labute approximate surface area is 193 Å². The first-order valence-electron chi connectivity index (χ1n) is 11.5. The summed E-state index contributed by atoms with van der Waals surface area (Å²) in [5.41, 5.74) is 5.60. The summed E-state index contributed by atoms with van der Waals surface area (Å²) in [4.78, 5) is 9.89. The van der Waals surface area contributed by atoms with E-state index in [1.807, 2.05) is 20.0 Å². The van der Waals surface area contributed by atoms with E-state index in [-0.39, 0.29) is 6.04 Å². The Morgan fingerprint density at radius 2 is 1.97 bits per heavy atom. The van der Waals surface area contributed by atoms with Crippen LogP contribution >= 0.6 is 0 Å². The minimum atomic E-state index is 0.142. The van der Waals surface area contributed by atoms with Gasteiger partial charge in [-0.1, -0.05) is 5.16 Å². The van der Waals surface area contributed by atoms with Crippen LogP contribution in [0.4, 0.5) is 0 Å². The second-order valence-corrected chi connectivity index (χ2v) is 8.93. The summed E-state index contributed by atoms with van der Waals surface area (Å²) in [5, 5.41) is 8.61. The van der Waals surface area contributed by atoms with Crippen LogP contribution in [0.2, 0.25) is 0 Å². The van der Waals surface area contributed by atoms with Gasteiger partial charge in [0.15, 0.2) is 0 Å². The predicted octanol–water partition coefficient (Wildman–Crippen LogP) is 4.54. The van der Waals surface area contributed by atoms with Gasteiger partial charge in [-0.25, -0.2) is 4.98 Å². The van der Waals surface area contributed by atoms with E-state index in [0.717, 1.165) is 82.0 Å². The second kappa shape index (κ2) is 8.76. The summed E-state index contributed by atoms with van der Waals surface area (Å²) in [6, 6.07) is 4.29. The van der Waals surface area contributed by atoms with Crippen molar-refractivity contribution in [3.8, 4) is 16.9 Å². The molecule has 4 aromatic rings. The van der Waals surface area contributed by atoms with Gasteiger partial charge in [-0.05, 0) is 58.8 Å². The molecular formula is C25H31N5O3. The summed E-state index contributed by atoms with van der Waals surface area (Å²) in [7, 11) is 3.44. The summed E-state index contributed by atoms with van der Waals surface area (Å²) in [6.07, 6.45) is 4.05. The monoisotopic (exact) mass is 449 g/mol. The fourth-order valence-corrected chi connectivity index (χ4v) is 5.18. The average Bonchev–Trinajstić information content (AvgIpc) is 3.38. The Hall–Kier alpha value is -2.97. The SMILES string of the molecule is COCC(C)n1c(C2CCNCC2)nc2cnc3cc(-c4c(C)noc4C)c(OC)cc3c21. The summed E-state index contributed by atoms with van der Waals surface area (Å²) >= 11 is 0. The third-order valence-electron chi connectivity index (χ3n) is 6.72. The van der Waals surface area contributed by atoms with Gasteiger partial charge < -0.3 is 23.9 Å². The summed E-state index contributed by atoms with van der Waals surface area (Å²) < 4.78 is 19.2. The van der Waals surface area contributed by atoms with Crippen molar-refractivity contribution in [1.82, 2.24) is 25.0 Å². The highest BCUT2D eigenvalue weighted by Gasteiger charge is 2.27. The normalized spacial score (nSPS) is 16.0. The highest BCUT2D eigenvalue weighted by Crippen LogP contribution is 2.40. The van der Waals surface area contributed by atoms with Crippen LogP contribution < -0.4 is 10.1 Å². The number of pyridine rings is 1. The molecule has 1 fully saturated rings. The van der Waals surface area contributed by atoms with Crippen molar-refractivity contribution in [2.45, 2.75) is 45.6 Å². The zero-order valence-electron chi connectivity index (χ0n) is 19.9. The third-order valence-corrected chi connectivity index (χ3v) is 6.72. The number of piperidine rings is 1. The van der Waals surface area contributed by atoms with Gasteiger partial charge in [0.1, 0.15) is 22.9 Å². The van der Waals surface area contributed by atoms with Gasteiger partial charge in [0.2, 0.25) is 0 Å². The average molecular weight is 450 g/mol. The Morgan fingerprint density at radius 1 is 1.18 bits per heavy atom. The number of nitrogens with one attached hydrogen (secondary N) is 1. The minimum Gasteiger partial charge on any atom is -0.496 e. The highest BCUT2D eigenvalue weighted by atomic mass is 16.5. The number of nitrogens with zero attached hydrogens (tertiary/aromatic N) is 4. The Kier molecular flexibility index (Phi) is 5.80. The molecule has 1 saturated heterocycles. The van der Waals surface area contributed by atoms with Crippen molar-refractivity contribution in [3.63, 3.8) is 0 Å². The molecule has 0 saturated carbocycles. The number of ether oxygens (including phenoxy) is 2. The van der Waals surface area contributed by atoms with E-state index in [0.29, 0.717) is 12.5 Å². The molecule has 4 heterocycles. The summed E-state index contributed by atoms with van der Waals surface area (Å²) in [5.74, 6) is 3.07. The highest BCUT2D eigenvalue weighted by molar-refractivity contribution is 6.05. The van der Waals surface area contributed by atoms with E-state index in [2.05, 4.69) is 34.1 Å². The number of aryl methyl sites for hydroxylation is 2. The summed E-state index contributed by atoms with van der Waals surface area (Å²) in [6.45, 7) is 8.69. The number of aromatic nitrogens is 4. The lowest BCUT2D eigenvalue weighted by molar-refractivity contribution is 0.161. The van der Waals surface area contributed by atoms with E-state index >= 15 is 0 Å². The molecule has 8 heteroatoms. The molecule has 1 aliphatic rings. The molecule has 8 nitrogen and oxygen atoms in total. The van der Waals surface area contributed by atoms with E-state index in [9.17, 15) is 0 Å². The van der Waals surface area contributed by atoms with Crippen LogP contribution in [0.15, 0.2) is 22.9 Å². The van der Waals surface area contributed by atoms with Gasteiger partial charge in [-0.3, -0.25) is 4.98 Å². The molecule has 5 rings (SSSR count). The smallest absolute Gasteiger partial charge is 0.141 e. The lowest BCUT2D eigenvalue weighted by Gasteiger charge is -2.25. The number of benzene rings is 1. The van der Waals surface area contributed by atoms with E-state index in [1.165, 1.54) is 0 Å². The quantitative estimate of drug-likeness (QED) is 0.462. The van der Waals surface area contributed by atoms with Crippen LogP contribution in [-0.2, 0) is 4.74 Å². The Bertz CT molecular complexity index is 1280. The maximum Gasteiger partial charge on any atom is 0.141 e. The van der Waals surface area contributed by atoms with E-state index < -0.39 is 0 Å². The van der Waals surface area contributed by atoms with Crippen molar-refractivity contribution in [3.05, 3.63) is 35.6 Å². The van der Waals surface area contributed by atoms with Crippen LogP contribution in [0.3, 0.4) is 0 Å². The van der Waals surface area contributed by atoms with Crippen LogP contribution in [-0.4, -0.2) is 53.6 Å². The van der Waals surface area contributed by atoms with E-state index in [1.54, 1.807) is 14.2 Å². The van der Waals surface area contributed by atoms with Crippen molar-refractivity contribution in [1.29, 1.82) is 0 Å². The van der Waals surface area contributed by atoms with Gasteiger partial charge >= 0.3 is 0 Å². The largest absolute Gasteiger partial charge is 0.496 e. The fraction of sp³-hybridized carbons (Fsp3) is 0.480. The number of hydrogen-bond acceptors (Lipinski definition) is 7. The standard InChI is InChI=1S/C25H31N5O3/c1-14(13-31-4)30-24-18-11-22(32-5)19(23-15(2)29-33-16(23)3)10-20(18)27-12-21(24)28-25(30)17-6-8-26-9-7-17/h10-12,14,17,26H,6-9,13H2,1-5H3. The molecule has 1 aliphatic heterocycles. The zero-order valence-corrected chi connectivity index (χ0v) is 19.9. The first-order chi connectivity index (χ1) is 16.0. The molecule has 0 radical (unpaired) electrons. The number of hydrogen-bond donors (Lipinski definition) is 1. The molecule has 1 N–H and O–H groups in total. The van der Waals surface area contributed by atoms with Crippen molar-refractivity contribution >= 4 is 21.9 Å². The van der Waals surface area contributed by atoms with Crippen LogP contribution in [0.1, 0.15) is 49.0 Å². The number of methoxy groups -OCH3 is 2. The van der Waals surface area contributed by atoms with Gasteiger partial charge in [-0.15, -0.1) is 0 Å². The van der Waals surface area contributed by atoms with Crippen LogP contribution in [0.5, 0.6) is 5.75 Å². The van der Waals surface area contributed by atoms with Crippen LogP contribution in [0, 0.1) is 13.8 Å². The first-order valence-corrected chi connectivity index (χ1v) is 11.5. The van der Waals surface area contributed by atoms with Crippen molar-refractivity contribution in [2.24, 2.45) is 0 Å². The Morgan fingerprint density at radius 3 is 2.64 bits per heavy atom. The molecule has 1 atom stereocenters. The third kappa shape index (κ3) is 3.67.